The third-order valence-electron chi connectivity index (χ3n) is 1.04. The summed E-state index contributed by atoms with van der Waals surface area (Å²) < 4.78 is 5.19. The van der Waals surface area contributed by atoms with Gasteiger partial charge in [-0.1, -0.05) is 6.58 Å². The summed E-state index contributed by atoms with van der Waals surface area (Å²) in [4.78, 5) is 10.6. The summed E-state index contributed by atoms with van der Waals surface area (Å²) in [6.07, 6.45) is 1.46. The Bertz CT molecular complexity index is 132. The van der Waals surface area contributed by atoms with Crippen LogP contribution < -0.4 is 5.32 Å². The molecular formula is C8H15NO2. The van der Waals surface area contributed by atoms with Gasteiger partial charge in [-0.15, -0.1) is 0 Å². The van der Waals surface area contributed by atoms with Crippen LogP contribution in [0.3, 0.4) is 0 Å². The normalized spacial score (nSPS) is 9.73. The first-order valence-corrected chi connectivity index (χ1v) is 3.68. The van der Waals surface area contributed by atoms with Gasteiger partial charge in [0.25, 0.3) is 0 Å². The average molecular weight is 157 g/mol. The molecule has 1 N–H and O–H groups in total. The lowest BCUT2D eigenvalue weighted by atomic mass is 10.5. The molecule has 0 spiro atoms. The molecule has 1 amide bonds. The Morgan fingerprint density at radius 2 is 2.36 bits per heavy atom. The summed E-state index contributed by atoms with van der Waals surface area (Å²) in [6.45, 7) is 8.33. The van der Waals surface area contributed by atoms with Gasteiger partial charge in [-0.3, -0.25) is 4.79 Å². The summed E-state index contributed by atoms with van der Waals surface area (Å²) in [5.41, 5.74) is 0. The summed E-state index contributed by atoms with van der Waals surface area (Å²) in [5, 5.41) is 2.61. The zero-order chi connectivity index (χ0) is 8.69. The number of hydrogen-bond donors (Lipinski definition) is 1. The van der Waals surface area contributed by atoms with Crippen LogP contribution in [-0.2, 0) is 9.53 Å². The van der Waals surface area contributed by atoms with Crippen LogP contribution in [0.2, 0.25) is 0 Å². The van der Waals surface area contributed by atoms with Crippen LogP contribution in [0.4, 0.5) is 0 Å². The lowest BCUT2D eigenvalue weighted by molar-refractivity contribution is -0.116. The molecule has 3 nitrogen and oxygen atoms in total. The Morgan fingerprint density at radius 3 is 2.82 bits per heavy atom. The van der Waals surface area contributed by atoms with Crippen LogP contribution in [0, 0.1) is 0 Å². The van der Waals surface area contributed by atoms with E-state index in [1.165, 1.54) is 6.08 Å². The zero-order valence-electron chi connectivity index (χ0n) is 7.09. The van der Waals surface area contributed by atoms with Gasteiger partial charge < -0.3 is 10.1 Å². The smallest absolute Gasteiger partial charge is 0.243 e. The molecular weight excluding hydrogens is 142 g/mol. The molecule has 0 aromatic carbocycles. The van der Waals surface area contributed by atoms with Gasteiger partial charge in [-0.05, 0) is 19.9 Å². The van der Waals surface area contributed by atoms with E-state index in [1.807, 2.05) is 13.8 Å². The highest BCUT2D eigenvalue weighted by atomic mass is 16.5. The van der Waals surface area contributed by atoms with Crippen LogP contribution in [0.5, 0.6) is 0 Å². The van der Waals surface area contributed by atoms with Crippen molar-refractivity contribution in [2.24, 2.45) is 0 Å². The molecule has 0 rings (SSSR count). The third kappa shape index (κ3) is 7.06. The van der Waals surface area contributed by atoms with Gasteiger partial charge in [0.2, 0.25) is 5.91 Å². The van der Waals surface area contributed by atoms with E-state index in [1.54, 1.807) is 0 Å². The predicted molar refractivity (Wildman–Crippen MR) is 44.3 cm³/mol. The molecule has 0 fully saturated rings. The fraction of sp³-hybridized carbons (Fsp3) is 0.625. The highest BCUT2D eigenvalue weighted by molar-refractivity contribution is 5.86. The maximum absolute atomic E-state index is 10.6. The fourth-order valence-corrected chi connectivity index (χ4v) is 0.541. The summed E-state index contributed by atoms with van der Waals surface area (Å²) >= 11 is 0. The van der Waals surface area contributed by atoms with Crippen molar-refractivity contribution < 1.29 is 9.53 Å². The summed E-state index contributed by atoms with van der Waals surface area (Å²) in [7, 11) is 0. The van der Waals surface area contributed by atoms with Crippen molar-refractivity contribution in [3.8, 4) is 0 Å². The molecule has 0 saturated heterocycles. The number of ether oxygens (including phenoxy) is 1. The molecule has 0 aromatic rings. The van der Waals surface area contributed by atoms with E-state index in [-0.39, 0.29) is 12.0 Å². The van der Waals surface area contributed by atoms with Crippen molar-refractivity contribution in [1.29, 1.82) is 0 Å². The molecule has 3 heteroatoms. The van der Waals surface area contributed by atoms with E-state index in [0.29, 0.717) is 13.2 Å². The van der Waals surface area contributed by atoms with E-state index < -0.39 is 0 Å². The Labute approximate surface area is 67.4 Å². The molecule has 0 aliphatic rings. The second-order valence-electron chi connectivity index (χ2n) is 2.41. The van der Waals surface area contributed by atoms with Crippen molar-refractivity contribution in [2.45, 2.75) is 20.0 Å². The number of rotatable bonds is 5. The van der Waals surface area contributed by atoms with E-state index in [2.05, 4.69) is 11.9 Å². The molecule has 0 heterocycles. The summed E-state index contributed by atoms with van der Waals surface area (Å²) in [5.74, 6) is -0.155. The van der Waals surface area contributed by atoms with Gasteiger partial charge >= 0.3 is 0 Å². The van der Waals surface area contributed by atoms with Gasteiger partial charge in [0.05, 0.1) is 12.7 Å². The largest absolute Gasteiger partial charge is 0.377 e. The molecule has 0 saturated carbocycles. The monoisotopic (exact) mass is 157 g/mol. The topological polar surface area (TPSA) is 38.3 Å². The molecule has 0 aliphatic heterocycles. The number of carbonyl (C=O) groups is 1. The van der Waals surface area contributed by atoms with Crippen LogP contribution in [0.25, 0.3) is 0 Å². The minimum atomic E-state index is -0.155. The van der Waals surface area contributed by atoms with Crippen LogP contribution in [0.1, 0.15) is 13.8 Å². The number of carbonyl (C=O) groups excluding carboxylic acids is 1. The standard InChI is InChI=1S/C8H15NO2/c1-4-8(10)9-5-6-11-7(2)3/h4,7H,1,5-6H2,2-3H3,(H,9,10). The molecule has 0 atom stereocenters. The van der Waals surface area contributed by atoms with Crippen LogP contribution >= 0.6 is 0 Å². The first-order chi connectivity index (χ1) is 5.16. The Balaban J connectivity index is 3.14. The highest BCUT2D eigenvalue weighted by Crippen LogP contribution is 1.84. The highest BCUT2D eigenvalue weighted by Gasteiger charge is 1.94. The first-order valence-electron chi connectivity index (χ1n) is 3.68. The molecule has 0 aliphatic carbocycles. The van der Waals surface area contributed by atoms with Crippen molar-refractivity contribution in [1.82, 2.24) is 5.32 Å². The maximum atomic E-state index is 10.6. The van der Waals surface area contributed by atoms with Gasteiger partial charge in [-0.2, -0.15) is 0 Å². The molecule has 0 radical (unpaired) electrons. The molecule has 0 aromatic heterocycles. The van der Waals surface area contributed by atoms with Gasteiger partial charge in [0, 0.05) is 6.54 Å². The van der Waals surface area contributed by atoms with E-state index >= 15 is 0 Å². The Kier molecular flexibility index (Phi) is 5.47. The zero-order valence-corrected chi connectivity index (χ0v) is 7.09. The quantitative estimate of drug-likeness (QED) is 0.471. The number of amides is 1. The maximum Gasteiger partial charge on any atom is 0.243 e. The lowest BCUT2D eigenvalue weighted by Gasteiger charge is -2.06. The van der Waals surface area contributed by atoms with Crippen LogP contribution in [-0.4, -0.2) is 25.2 Å². The van der Waals surface area contributed by atoms with E-state index in [9.17, 15) is 4.79 Å². The molecule has 0 bridgehead atoms. The average Bonchev–Trinajstić information content (AvgIpc) is 1.97. The van der Waals surface area contributed by atoms with Crippen molar-refractivity contribution in [2.75, 3.05) is 13.2 Å². The second-order valence-corrected chi connectivity index (χ2v) is 2.41. The van der Waals surface area contributed by atoms with Gasteiger partial charge in [0.1, 0.15) is 0 Å². The first kappa shape index (κ1) is 10.2. The van der Waals surface area contributed by atoms with Gasteiger partial charge in [-0.25, -0.2) is 0 Å². The molecule has 11 heavy (non-hydrogen) atoms. The minimum Gasteiger partial charge on any atom is -0.377 e. The molecule has 64 valence electrons. The lowest BCUT2D eigenvalue weighted by Crippen LogP contribution is -2.26. The van der Waals surface area contributed by atoms with Crippen LogP contribution in [0.15, 0.2) is 12.7 Å². The van der Waals surface area contributed by atoms with Crippen molar-refractivity contribution >= 4 is 5.91 Å². The second kappa shape index (κ2) is 5.92. The molecule has 0 unspecified atom stereocenters. The Hall–Kier alpha value is -0.830. The van der Waals surface area contributed by atoms with Gasteiger partial charge in [0.15, 0.2) is 0 Å². The SMILES string of the molecule is C=CC(=O)NCCOC(C)C. The van der Waals surface area contributed by atoms with Crippen molar-refractivity contribution in [3.63, 3.8) is 0 Å². The van der Waals surface area contributed by atoms with Crippen molar-refractivity contribution in [3.05, 3.63) is 12.7 Å². The third-order valence-corrected chi connectivity index (χ3v) is 1.04. The Morgan fingerprint density at radius 1 is 1.73 bits per heavy atom. The minimum absolute atomic E-state index is 0.155. The number of nitrogens with one attached hydrogen (secondary N) is 1. The van der Waals surface area contributed by atoms with E-state index in [0.717, 1.165) is 0 Å². The summed E-state index contributed by atoms with van der Waals surface area (Å²) in [6, 6.07) is 0. The predicted octanol–water partition coefficient (Wildman–Crippen LogP) is 0.714. The van der Waals surface area contributed by atoms with E-state index in [4.69, 9.17) is 4.74 Å². The fourth-order valence-electron chi connectivity index (χ4n) is 0.541. The number of hydrogen-bond acceptors (Lipinski definition) is 2.